The second-order valence-corrected chi connectivity index (χ2v) is 5.32. The molecule has 0 fully saturated rings. The lowest BCUT2D eigenvalue weighted by molar-refractivity contribution is 0.0925. The summed E-state index contributed by atoms with van der Waals surface area (Å²) in [5.74, 6) is 1.58. The zero-order chi connectivity index (χ0) is 15.7. The summed E-state index contributed by atoms with van der Waals surface area (Å²) in [5, 5.41) is 9.28. The minimum atomic E-state index is -0.167. The largest absolute Gasteiger partial charge is 0.459 e. The first-order chi connectivity index (χ1) is 10.0. The Balaban J connectivity index is 2.17. The second kappa shape index (κ2) is 9.05. The number of carbonyl (C=O) groups is 1. The van der Waals surface area contributed by atoms with Gasteiger partial charge in [0.05, 0.1) is 6.26 Å². The smallest absolute Gasteiger partial charge is 0.287 e. The lowest BCUT2D eigenvalue weighted by Crippen LogP contribution is -2.40. The number of nitrogens with one attached hydrogen (secondary N) is 3. The summed E-state index contributed by atoms with van der Waals surface area (Å²) in [5.41, 5.74) is 0.851. The average Bonchev–Trinajstić information content (AvgIpc) is 2.87. The fourth-order valence-electron chi connectivity index (χ4n) is 1.70. The Kier molecular flexibility index (Phi) is 7.36. The third-order valence-corrected chi connectivity index (χ3v) is 2.90. The molecule has 0 aliphatic carbocycles. The number of hydrogen-bond acceptors (Lipinski definition) is 3. The lowest BCUT2D eigenvalue weighted by atomic mass is 10.2. The van der Waals surface area contributed by atoms with Crippen molar-refractivity contribution in [2.24, 2.45) is 10.9 Å². The molecule has 0 aliphatic heterocycles. The van der Waals surface area contributed by atoms with Gasteiger partial charge in [-0.3, -0.25) is 9.79 Å². The quantitative estimate of drug-likeness (QED) is 0.405. The van der Waals surface area contributed by atoms with E-state index in [0.717, 1.165) is 31.0 Å². The molecule has 1 amide bonds. The zero-order valence-electron chi connectivity index (χ0n) is 13.3. The molecular formula is C15H26N4O2. The Morgan fingerprint density at radius 2 is 2.00 bits per heavy atom. The summed E-state index contributed by atoms with van der Waals surface area (Å²) < 4.78 is 5.14. The van der Waals surface area contributed by atoms with Gasteiger partial charge in [0.15, 0.2) is 11.7 Å². The third-order valence-electron chi connectivity index (χ3n) is 2.90. The van der Waals surface area contributed by atoms with E-state index in [0.29, 0.717) is 18.2 Å². The van der Waals surface area contributed by atoms with E-state index >= 15 is 0 Å². The van der Waals surface area contributed by atoms with Crippen LogP contribution < -0.4 is 16.0 Å². The molecule has 0 atom stereocenters. The molecule has 0 bridgehead atoms. The van der Waals surface area contributed by atoms with Crippen LogP contribution in [0, 0.1) is 12.8 Å². The topological polar surface area (TPSA) is 78.7 Å². The van der Waals surface area contributed by atoms with Gasteiger partial charge < -0.3 is 20.4 Å². The molecule has 0 saturated heterocycles. The molecule has 3 N–H and O–H groups in total. The van der Waals surface area contributed by atoms with E-state index in [2.05, 4.69) is 34.8 Å². The van der Waals surface area contributed by atoms with Crippen molar-refractivity contribution in [2.75, 3.05) is 26.7 Å². The van der Waals surface area contributed by atoms with Crippen LogP contribution in [0.5, 0.6) is 0 Å². The SMILES string of the molecule is CN=C(NCCCNC(=O)c1occc1C)NCC(C)C. The van der Waals surface area contributed by atoms with Crippen LogP contribution >= 0.6 is 0 Å². The molecule has 0 saturated carbocycles. The number of hydrogen-bond donors (Lipinski definition) is 3. The summed E-state index contributed by atoms with van der Waals surface area (Å²) in [6, 6.07) is 1.78. The van der Waals surface area contributed by atoms with Gasteiger partial charge in [0, 0.05) is 32.2 Å². The van der Waals surface area contributed by atoms with Crippen molar-refractivity contribution in [3.8, 4) is 0 Å². The molecule has 0 unspecified atom stereocenters. The second-order valence-electron chi connectivity index (χ2n) is 5.32. The summed E-state index contributed by atoms with van der Waals surface area (Å²) in [6.45, 7) is 8.36. The molecule has 1 heterocycles. The Labute approximate surface area is 126 Å². The highest BCUT2D eigenvalue weighted by molar-refractivity contribution is 5.92. The van der Waals surface area contributed by atoms with Gasteiger partial charge >= 0.3 is 0 Å². The molecule has 6 nitrogen and oxygen atoms in total. The van der Waals surface area contributed by atoms with Crippen molar-refractivity contribution < 1.29 is 9.21 Å². The Bertz CT molecular complexity index is 466. The van der Waals surface area contributed by atoms with Gasteiger partial charge in [-0.15, -0.1) is 0 Å². The average molecular weight is 294 g/mol. The minimum absolute atomic E-state index is 0.167. The van der Waals surface area contributed by atoms with Gasteiger partial charge in [-0.05, 0) is 25.3 Å². The van der Waals surface area contributed by atoms with Crippen molar-refractivity contribution in [1.82, 2.24) is 16.0 Å². The van der Waals surface area contributed by atoms with Crippen molar-refractivity contribution >= 4 is 11.9 Å². The van der Waals surface area contributed by atoms with Crippen molar-refractivity contribution in [3.05, 3.63) is 23.7 Å². The number of carbonyl (C=O) groups excluding carboxylic acids is 1. The fourth-order valence-corrected chi connectivity index (χ4v) is 1.70. The molecule has 0 aliphatic rings. The van der Waals surface area contributed by atoms with Gasteiger partial charge in [-0.25, -0.2) is 0 Å². The van der Waals surface area contributed by atoms with E-state index in [4.69, 9.17) is 4.42 Å². The van der Waals surface area contributed by atoms with Crippen LogP contribution in [0.4, 0.5) is 0 Å². The molecule has 1 rings (SSSR count). The standard InChI is InChI=1S/C15H26N4O2/c1-11(2)10-19-15(16-4)18-8-5-7-17-14(20)13-12(3)6-9-21-13/h6,9,11H,5,7-8,10H2,1-4H3,(H,17,20)(H2,16,18,19). The van der Waals surface area contributed by atoms with E-state index in [9.17, 15) is 4.79 Å². The number of aliphatic imine (C=N–C) groups is 1. The van der Waals surface area contributed by atoms with Crippen LogP contribution in [0.1, 0.15) is 36.4 Å². The highest BCUT2D eigenvalue weighted by atomic mass is 16.3. The van der Waals surface area contributed by atoms with Crippen molar-refractivity contribution in [3.63, 3.8) is 0 Å². The summed E-state index contributed by atoms with van der Waals surface area (Å²) in [7, 11) is 1.75. The Morgan fingerprint density at radius 1 is 1.29 bits per heavy atom. The van der Waals surface area contributed by atoms with Crippen molar-refractivity contribution in [2.45, 2.75) is 27.2 Å². The molecular weight excluding hydrogens is 268 g/mol. The maximum absolute atomic E-state index is 11.8. The Morgan fingerprint density at radius 3 is 2.57 bits per heavy atom. The first-order valence-electron chi connectivity index (χ1n) is 7.31. The number of guanidine groups is 1. The van der Waals surface area contributed by atoms with E-state index in [-0.39, 0.29) is 5.91 Å². The first kappa shape index (κ1) is 17.1. The summed E-state index contributed by atoms with van der Waals surface area (Å²) >= 11 is 0. The van der Waals surface area contributed by atoms with Gasteiger partial charge in [0.2, 0.25) is 0 Å². The normalized spacial score (nSPS) is 11.6. The number of rotatable bonds is 7. The monoisotopic (exact) mass is 294 g/mol. The van der Waals surface area contributed by atoms with Gasteiger partial charge in [0.1, 0.15) is 0 Å². The highest BCUT2D eigenvalue weighted by Gasteiger charge is 2.11. The zero-order valence-corrected chi connectivity index (χ0v) is 13.3. The maximum atomic E-state index is 11.8. The predicted molar refractivity (Wildman–Crippen MR) is 84.6 cm³/mol. The van der Waals surface area contributed by atoms with Gasteiger partial charge in [-0.1, -0.05) is 13.8 Å². The number of aryl methyl sites for hydroxylation is 1. The van der Waals surface area contributed by atoms with E-state index < -0.39 is 0 Å². The van der Waals surface area contributed by atoms with Gasteiger partial charge in [0.25, 0.3) is 5.91 Å². The van der Waals surface area contributed by atoms with Crippen LogP contribution in [0.3, 0.4) is 0 Å². The molecule has 118 valence electrons. The number of nitrogens with zero attached hydrogens (tertiary/aromatic N) is 1. The molecule has 0 spiro atoms. The lowest BCUT2D eigenvalue weighted by Gasteiger charge is -2.13. The predicted octanol–water partition coefficient (Wildman–Crippen LogP) is 1.53. The van der Waals surface area contributed by atoms with Crippen LogP contribution in [-0.2, 0) is 0 Å². The van der Waals surface area contributed by atoms with Crippen LogP contribution in [0.25, 0.3) is 0 Å². The third kappa shape index (κ3) is 6.33. The number of amides is 1. The minimum Gasteiger partial charge on any atom is -0.459 e. The Hall–Kier alpha value is -1.98. The summed E-state index contributed by atoms with van der Waals surface area (Å²) in [4.78, 5) is 15.9. The highest BCUT2D eigenvalue weighted by Crippen LogP contribution is 2.07. The van der Waals surface area contributed by atoms with Crippen LogP contribution in [0.2, 0.25) is 0 Å². The van der Waals surface area contributed by atoms with E-state index in [1.807, 2.05) is 6.92 Å². The number of furan rings is 1. The van der Waals surface area contributed by atoms with Crippen LogP contribution in [0.15, 0.2) is 21.7 Å². The summed E-state index contributed by atoms with van der Waals surface area (Å²) in [6.07, 6.45) is 2.34. The fraction of sp³-hybridized carbons (Fsp3) is 0.600. The van der Waals surface area contributed by atoms with E-state index in [1.54, 1.807) is 13.1 Å². The molecule has 0 aromatic carbocycles. The molecule has 0 radical (unpaired) electrons. The van der Waals surface area contributed by atoms with Crippen molar-refractivity contribution in [1.29, 1.82) is 0 Å². The molecule has 1 aromatic heterocycles. The maximum Gasteiger partial charge on any atom is 0.287 e. The first-order valence-corrected chi connectivity index (χ1v) is 7.31. The molecule has 21 heavy (non-hydrogen) atoms. The van der Waals surface area contributed by atoms with E-state index in [1.165, 1.54) is 6.26 Å². The molecule has 6 heteroatoms. The molecule has 1 aromatic rings. The van der Waals surface area contributed by atoms with Crippen LogP contribution in [-0.4, -0.2) is 38.5 Å². The van der Waals surface area contributed by atoms with Gasteiger partial charge in [-0.2, -0.15) is 0 Å².